The summed E-state index contributed by atoms with van der Waals surface area (Å²) in [5.74, 6) is 0.934. The van der Waals surface area contributed by atoms with Crippen LogP contribution in [0.15, 0.2) is 0 Å². The molecule has 0 aromatic carbocycles. The molecule has 1 amide bonds. The second-order valence-corrected chi connectivity index (χ2v) is 4.78. The highest BCUT2D eigenvalue weighted by Gasteiger charge is 2.02. The van der Waals surface area contributed by atoms with Crippen LogP contribution in [-0.4, -0.2) is 28.7 Å². The van der Waals surface area contributed by atoms with E-state index in [1.807, 2.05) is 13.8 Å². The van der Waals surface area contributed by atoms with Gasteiger partial charge in [-0.05, 0) is 5.92 Å². The molecule has 0 aliphatic rings. The Hall–Kier alpha value is -0.380. The number of hydrogen-bond acceptors (Lipinski definition) is 2. The zero-order chi connectivity index (χ0) is 9.56. The van der Waals surface area contributed by atoms with Gasteiger partial charge in [0.1, 0.15) is 0 Å². The van der Waals surface area contributed by atoms with E-state index in [1.165, 1.54) is 0 Å². The van der Waals surface area contributed by atoms with Crippen molar-refractivity contribution in [1.82, 2.24) is 5.32 Å². The van der Waals surface area contributed by atoms with Crippen LogP contribution in [-0.2, 0) is 15.6 Å². The summed E-state index contributed by atoms with van der Waals surface area (Å²) < 4.78 is 10.6. The van der Waals surface area contributed by atoms with Gasteiger partial charge in [-0.3, -0.25) is 9.00 Å². The molecule has 12 heavy (non-hydrogen) atoms. The fourth-order valence-electron chi connectivity index (χ4n) is 0.643. The van der Waals surface area contributed by atoms with Gasteiger partial charge in [-0.2, -0.15) is 0 Å². The molecule has 0 bridgehead atoms. The number of carbonyl (C=O) groups is 1. The minimum Gasteiger partial charge on any atom is -0.356 e. The molecule has 0 radical (unpaired) electrons. The maximum absolute atomic E-state index is 11.0. The SMILES string of the molecule is CC(C)CNC(=O)CCS(C)=O. The van der Waals surface area contributed by atoms with Gasteiger partial charge in [0.25, 0.3) is 0 Å². The Morgan fingerprint density at radius 2 is 2.08 bits per heavy atom. The first-order valence-corrected chi connectivity index (χ1v) is 5.81. The number of nitrogens with one attached hydrogen (secondary N) is 1. The molecule has 3 nitrogen and oxygen atoms in total. The predicted octanol–water partition coefficient (Wildman–Crippen LogP) is 0.527. The van der Waals surface area contributed by atoms with Crippen LogP contribution < -0.4 is 5.32 Å². The first kappa shape index (κ1) is 11.6. The van der Waals surface area contributed by atoms with Crippen molar-refractivity contribution in [3.05, 3.63) is 0 Å². The average Bonchev–Trinajstić information content (AvgIpc) is 1.96. The van der Waals surface area contributed by atoms with Gasteiger partial charge in [0, 0.05) is 35.8 Å². The fraction of sp³-hybridized carbons (Fsp3) is 0.875. The number of amides is 1. The van der Waals surface area contributed by atoms with E-state index in [0.717, 1.165) is 0 Å². The normalized spacial score (nSPS) is 13.0. The second kappa shape index (κ2) is 6.17. The van der Waals surface area contributed by atoms with Crippen LogP contribution in [0.1, 0.15) is 20.3 Å². The molecule has 0 fully saturated rings. The standard InChI is InChI=1S/C8H17NO2S/c1-7(2)6-9-8(10)4-5-12(3)11/h7H,4-6H2,1-3H3,(H,9,10). The fourth-order valence-corrected chi connectivity index (χ4v) is 1.12. The number of rotatable bonds is 5. The van der Waals surface area contributed by atoms with E-state index in [2.05, 4.69) is 5.32 Å². The number of carbonyl (C=O) groups excluding carboxylic acids is 1. The molecule has 1 unspecified atom stereocenters. The maximum Gasteiger partial charge on any atom is 0.220 e. The monoisotopic (exact) mass is 191 g/mol. The van der Waals surface area contributed by atoms with Crippen molar-refractivity contribution in [1.29, 1.82) is 0 Å². The van der Waals surface area contributed by atoms with Crippen molar-refractivity contribution in [3.8, 4) is 0 Å². The molecule has 4 heteroatoms. The van der Waals surface area contributed by atoms with Gasteiger partial charge >= 0.3 is 0 Å². The van der Waals surface area contributed by atoms with Crippen LogP contribution in [0.4, 0.5) is 0 Å². The summed E-state index contributed by atoms with van der Waals surface area (Å²) in [7, 11) is -0.861. The van der Waals surface area contributed by atoms with E-state index in [0.29, 0.717) is 24.6 Å². The maximum atomic E-state index is 11.0. The van der Waals surface area contributed by atoms with E-state index in [9.17, 15) is 9.00 Å². The quantitative estimate of drug-likeness (QED) is 0.689. The van der Waals surface area contributed by atoms with Crippen molar-refractivity contribution in [2.75, 3.05) is 18.6 Å². The van der Waals surface area contributed by atoms with Crippen molar-refractivity contribution in [2.45, 2.75) is 20.3 Å². The number of hydrogen-bond donors (Lipinski definition) is 1. The molecule has 0 aliphatic heterocycles. The highest BCUT2D eigenvalue weighted by Crippen LogP contribution is 1.89. The van der Waals surface area contributed by atoms with Crippen LogP contribution >= 0.6 is 0 Å². The van der Waals surface area contributed by atoms with Gasteiger partial charge in [0.05, 0.1) is 0 Å². The van der Waals surface area contributed by atoms with E-state index in [1.54, 1.807) is 6.26 Å². The van der Waals surface area contributed by atoms with Crippen LogP contribution in [0.2, 0.25) is 0 Å². The molecule has 0 rings (SSSR count). The van der Waals surface area contributed by atoms with Crippen molar-refractivity contribution >= 4 is 16.7 Å². The van der Waals surface area contributed by atoms with Crippen LogP contribution in [0.3, 0.4) is 0 Å². The Morgan fingerprint density at radius 3 is 2.50 bits per heavy atom. The lowest BCUT2D eigenvalue weighted by Gasteiger charge is -2.06. The summed E-state index contributed by atoms with van der Waals surface area (Å²) in [4.78, 5) is 11.0. The molecule has 0 aliphatic carbocycles. The lowest BCUT2D eigenvalue weighted by Crippen LogP contribution is -2.28. The van der Waals surface area contributed by atoms with Gasteiger partial charge in [0.15, 0.2) is 0 Å². The second-order valence-electron chi connectivity index (χ2n) is 3.23. The predicted molar refractivity (Wildman–Crippen MR) is 51.4 cm³/mol. The molecule has 1 atom stereocenters. The summed E-state index contributed by atoms with van der Waals surface area (Å²) >= 11 is 0. The van der Waals surface area contributed by atoms with E-state index in [4.69, 9.17) is 0 Å². The smallest absolute Gasteiger partial charge is 0.220 e. The Morgan fingerprint density at radius 1 is 1.50 bits per heavy atom. The first-order valence-electron chi connectivity index (χ1n) is 4.09. The van der Waals surface area contributed by atoms with Crippen LogP contribution in [0, 0.1) is 5.92 Å². The zero-order valence-corrected chi connectivity index (χ0v) is 8.74. The lowest BCUT2D eigenvalue weighted by atomic mass is 10.2. The highest BCUT2D eigenvalue weighted by atomic mass is 32.2. The molecule has 0 spiro atoms. The zero-order valence-electron chi connectivity index (χ0n) is 7.92. The molecule has 0 aromatic heterocycles. The summed E-state index contributed by atoms with van der Waals surface area (Å²) in [6.07, 6.45) is 1.98. The van der Waals surface area contributed by atoms with Crippen molar-refractivity contribution < 1.29 is 9.00 Å². The summed E-state index contributed by atoms with van der Waals surface area (Å²) in [6, 6.07) is 0. The molecule has 0 saturated heterocycles. The van der Waals surface area contributed by atoms with Gasteiger partial charge in [0.2, 0.25) is 5.91 Å². The molecule has 0 saturated carbocycles. The Balaban J connectivity index is 3.40. The topological polar surface area (TPSA) is 46.2 Å². The lowest BCUT2D eigenvalue weighted by molar-refractivity contribution is -0.120. The molecular formula is C8H17NO2S. The largest absolute Gasteiger partial charge is 0.356 e. The Kier molecular flexibility index (Phi) is 5.98. The molecular weight excluding hydrogens is 174 g/mol. The van der Waals surface area contributed by atoms with Gasteiger partial charge < -0.3 is 5.32 Å². The minimum absolute atomic E-state index is 0.00102. The summed E-state index contributed by atoms with van der Waals surface area (Å²) in [5.41, 5.74) is 0. The molecule has 0 aromatic rings. The third-order valence-electron chi connectivity index (χ3n) is 1.32. The Labute approximate surface area is 76.4 Å². The van der Waals surface area contributed by atoms with Crippen molar-refractivity contribution in [2.24, 2.45) is 5.92 Å². The summed E-state index contributed by atoms with van der Waals surface area (Å²) in [6.45, 7) is 4.78. The molecule has 72 valence electrons. The average molecular weight is 191 g/mol. The third-order valence-corrected chi connectivity index (χ3v) is 2.10. The van der Waals surface area contributed by atoms with Crippen molar-refractivity contribution in [3.63, 3.8) is 0 Å². The van der Waals surface area contributed by atoms with E-state index in [-0.39, 0.29) is 5.91 Å². The van der Waals surface area contributed by atoms with Crippen LogP contribution in [0.25, 0.3) is 0 Å². The van der Waals surface area contributed by atoms with E-state index < -0.39 is 10.8 Å². The molecule has 0 heterocycles. The van der Waals surface area contributed by atoms with E-state index >= 15 is 0 Å². The molecule has 1 N–H and O–H groups in total. The highest BCUT2D eigenvalue weighted by molar-refractivity contribution is 7.84. The van der Waals surface area contributed by atoms with Gasteiger partial charge in [-0.1, -0.05) is 13.8 Å². The van der Waals surface area contributed by atoms with Gasteiger partial charge in [-0.25, -0.2) is 0 Å². The van der Waals surface area contributed by atoms with Crippen LogP contribution in [0.5, 0.6) is 0 Å². The summed E-state index contributed by atoms with van der Waals surface area (Å²) in [5, 5.41) is 2.76. The van der Waals surface area contributed by atoms with Gasteiger partial charge in [-0.15, -0.1) is 0 Å². The first-order chi connectivity index (χ1) is 5.52. The Bertz CT molecular complexity index is 168. The minimum atomic E-state index is -0.861. The third kappa shape index (κ3) is 7.72.